The van der Waals surface area contributed by atoms with Crippen LogP contribution in [0, 0.1) is 13.8 Å². The molecule has 8 heterocycles. The molecule has 14 nitrogen and oxygen atoms in total. The molecule has 294 valence electrons. The molecular formula is C41H45N5O9S. The van der Waals surface area contributed by atoms with Gasteiger partial charge in [-0.25, -0.2) is 4.79 Å². The van der Waals surface area contributed by atoms with Crippen LogP contribution in [-0.4, -0.2) is 101 Å². The maximum Gasteiger partial charge on any atom is 0.333 e. The molecule has 2 saturated heterocycles. The minimum absolute atomic E-state index is 0.0481. The molecule has 0 radical (unpaired) electrons. The predicted octanol–water partition coefficient (Wildman–Crippen LogP) is 3.51. The number of aromatic amines is 1. The third kappa shape index (κ3) is 4.75. The molecular weight excluding hydrogens is 739 g/mol. The van der Waals surface area contributed by atoms with Crippen molar-refractivity contribution >= 4 is 34.6 Å². The van der Waals surface area contributed by atoms with E-state index in [-0.39, 0.29) is 37.0 Å². The number of ether oxygens (including phenoxy) is 5. The van der Waals surface area contributed by atoms with Crippen LogP contribution in [0.1, 0.15) is 68.9 Å². The van der Waals surface area contributed by atoms with Gasteiger partial charge in [0.15, 0.2) is 28.5 Å². The molecule has 7 aliphatic rings. The highest BCUT2D eigenvalue weighted by atomic mass is 32.2. The van der Waals surface area contributed by atoms with Crippen LogP contribution in [0.15, 0.2) is 30.3 Å². The number of fused-ring (bicyclic) bond motifs is 11. The van der Waals surface area contributed by atoms with Crippen LogP contribution in [0.3, 0.4) is 0 Å². The second-order valence-electron chi connectivity index (χ2n) is 15.9. The number of aliphatic hydroxyl groups excluding tert-OH is 1. The van der Waals surface area contributed by atoms with E-state index in [2.05, 4.69) is 21.3 Å². The van der Waals surface area contributed by atoms with Gasteiger partial charge in [-0.05, 0) is 56.5 Å². The Morgan fingerprint density at radius 2 is 1.89 bits per heavy atom. The number of piperazine rings is 1. The number of hydrogen-bond donors (Lipinski definition) is 5. The van der Waals surface area contributed by atoms with Crippen LogP contribution in [0.25, 0.3) is 10.9 Å². The first-order chi connectivity index (χ1) is 27.0. The molecule has 0 aliphatic carbocycles. The third-order valence-corrected chi connectivity index (χ3v) is 14.5. The number of nitrogens with two attached hydrogens (primary N) is 1. The number of phenols is 1. The van der Waals surface area contributed by atoms with Crippen molar-refractivity contribution in [3.05, 3.63) is 75.0 Å². The summed E-state index contributed by atoms with van der Waals surface area (Å²) in [4.78, 5) is 35.7. The topological polar surface area (TPSA) is 181 Å². The van der Waals surface area contributed by atoms with E-state index in [0.717, 1.165) is 33.3 Å². The van der Waals surface area contributed by atoms with Gasteiger partial charge in [-0.3, -0.25) is 19.9 Å². The number of H-pyrrole nitrogens is 1. The van der Waals surface area contributed by atoms with Crippen molar-refractivity contribution in [2.45, 2.75) is 80.8 Å². The zero-order valence-corrected chi connectivity index (χ0v) is 32.6. The van der Waals surface area contributed by atoms with Crippen LogP contribution >= 0.6 is 11.8 Å². The summed E-state index contributed by atoms with van der Waals surface area (Å²) in [6.07, 6.45) is 0.0553. The van der Waals surface area contributed by atoms with Gasteiger partial charge in [0.1, 0.15) is 18.6 Å². The zero-order chi connectivity index (χ0) is 38.9. The Bertz CT molecular complexity index is 2350. The fourth-order valence-electron chi connectivity index (χ4n) is 10.7. The number of nitrogens with zero attached hydrogens (tertiary/aromatic N) is 2. The van der Waals surface area contributed by atoms with Crippen LogP contribution in [-0.2, 0) is 32.7 Å². The number of nitrogens with one attached hydrogen (secondary N) is 2. The highest BCUT2D eigenvalue weighted by Gasteiger charge is 2.62. The van der Waals surface area contributed by atoms with Crippen molar-refractivity contribution in [1.82, 2.24) is 20.1 Å². The number of esters is 2. The van der Waals surface area contributed by atoms with Crippen LogP contribution < -0.4 is 30.0 Å². The first-order valence-corrected chi connectivity index (χ1v) is 20.1. The summed E-state index contributed by atoms with van der Waals surface area (Å²) in [6, 6.07) is 7.66. The Kier molecular flexibility index (Phi) is 8.17. The van der Waals surface area contributed by atoms with Gasteiger partial charge in [-0.15, -0.1) is 11.8 Å². The minimum atomic E-state index is -1.34. The van der Waals surface area contributed by atoms with E-state index in [1.165, 1.54) is 18.7 Å². The number of phenolic OH excluding ortho intramolecular Hbond substituents is 1. The van der Waals surface area contributed by atoms with E-state index >= 15 is 0 Å². The number of hydrogen-bond acceptors (Lipinski definition) is 14. The Morgan fingerprint density at radius 3 is 2.66 bits per heavy atom. The number of aromatic hydroxyl groups is 1. The number of benzene rings is 3. The minimum Gasteiger partial charge on any atom is -0.504 e. The van der Waals surface area contributed by atoms with Crippen LogP contribution in [0.4, 0.5) is 0 Å². The van der Waals surface area contributed by atoms with Crippen LogP contribution in [0.5, 0.6) is 28.7 Å². The second-order valence-corrected chi connectivity index (χ2v) is 17.0. The molecule has 1 spiro atoms. The molecule has 7 aliphatic heterocycles. The highest BCUT2D eigenvalue weighted by Crippen LogP contribution is 2.64. The number of aliphatic hydroxyl groups is 1. The first-order valence-electron chi connectivity index (χ1n) is 19.1. The molecule has 4 bridgehead atoms. The SMILES string of the molecule is COc1c(C)cc2c(c1O)[C@@H]1[C@@H]3[C@@H]4SC[C@]5(N[C@H](CN)Cc6c5[nH]c5ccccc65)C(=O)OC[C@@H](c5c6c(c(C)c(OC(C)=O)c54)OCO6)N3[C@@H](O)[C@H](C2)N1C. The van der Waals surface area contributed by atoms with Gasteiger partial charge in [-0.2, -0.15) is 0 Å². The number of thioether (sulfide) groups is 1. The molecule has 0 amide bonds. The maximum absolute atomic E-state index is 15.0. The number of aromatic nitrogens is 1. The van der Waals surface area contributed by atoms with Crippen molar-refractivity contribution in [3.8, 4) is 28.7 Å². The molecule has 11 rings (SSSR count). The fraction of sp³-hybridized carbons (Fsp3) is 0.463. The fourth-order valence-corrected chi connectivity index (χ4v) is 12.4. The maximum atomic E-state index is 15.0. The summed E-state index contributed by atoms with van der Waals surface area (Å²) in [5, 5.41) is 28.8. The normalized spacial score (nSPS) is 30.3. The van der Waals surface area contributed by atoms with Crippen molar-refractivity contribution < 1.29 is 43.5 Å². The van der Waals surface area contributed by atoms with Gasteiger partial charge >= 0.3 is 11.9 Å². The lowest BCUT2D eigenvalue weighted by molar-refractivity contribution is -0.186. The van der Waals surface area contributed by atoms with Gasteiger partial charge in [0.2, 0.25) is 6.79 Å². The second kappa shape index (κ2) is 12.7. The number of carbonyl (C=O) groups excluding carboxylic acids is 2. The Balaban J connectivity index is 1.25. The Hall–Kier alpha value is -4.51. The van der Waals surface area contributed by atoms with Gasteiger partial charge in [0, 0.05) is 64.5 Å². The number of likely N-dealkylation sites (N-methyl/N-ethyl adjacent to an activating group) is 1. The van der Waals surface area contributed by atoms with Gasteiger partial charge in [0.25, 0.3) is 0 Å². The smallest absolute Gasteiger partial charge is 0.333 e. The number of aryl methyl sites for hydroxylation is 1. The highest BCUT2D eigenvalue weighted by molar-refractivity contribution is 7.99. The molecule has 0 saturated carbocycles. The summed E-state index contributed by atoms with van der Waals surface area (Å²) < 4.78 is 30.7. The van der Waals surface area contributed by atoms with Crippen molar-refractivity contribution in [1.29, 1.82) is 0 Å². The third-order valence-electron chi connectivity index (χ3n) is 13.0. The number of para-hydroxylation sites is 1. The summed E-state index contributed by atoms with van der Waals surface area (Å²) >= 11 is 1.51. The Morgan fingerprint density at radius 1 is 1.11 bits per heavy atom. The van der Waals surface area contributed by atoms with E-state index in [1.807, 2.05) is 50.1 Å². The number of carbonyl (C=O) groups is 2. The lowest BCUT2D eigenvalue weighted by Gasteiger charge is -2.62. The van der Waals surface area contributed by atoms with Gasteiger partial charge in [-0.1, -0.05) is 24.3 Å². The predicted molar refractivity (Wildman–Crippen MR) is 206 cm³/mol. The summed E-state index contributed by atoms with van der Waals surface area (Å²) in [5.41, 5.74) is 12.1. The molecule has 8 atom stereocenters. The molecule has 3 aromatic carbocycles. The quantitative estimate of drug-likeness (QED) is 0.151. The molecule has 6 N–H and O–H groups in total. The van der Waals surface area contributed by atoms with E-state index in [9.17, 15) is 19.8 Å². The monoisotopic (exact) mass is 783 g/mol. The molecule has 1 aromatic heterocycles. The summed E-state index contributed by atoms with van der Waals surface area (Å²) in [5.74, 6) is 0.933. The summed E-state index contributed by atoms with van der Waals surface area (Å²) in [6.45, 7) is 5.20. The molecule has 0 unspecified atom stereocenters. The van der Waals surface area contributed by atoms with Crippen molar-refractivity contribution in [3.63, 3.8) is 0 Å². The van der Waals surface area contributed by atoms with Crippen LogP contribution in [0.2, 0.25) is 0 Å². The number of methoxy groups -OCH3 is 1. The Labute approximate surface area is 327 Å². The van der Waals surface area contributed by atoms with Gasteiger partial charge in [0.05, 0.1) is 36.2 Å². The molecule has 2 fully saturated rings. The lowest BCUT2D eigenvalue weighted by Crippen LogP contribution is -2.70. The lowest BCUT2D eigenvalue weighted by atomic mass is 9.73. The summed E-state index contributed by atoms with van der Waals surface area (Å²) in [7, 11) is 3.53. The standard InChI is InChI=1S/C41H45N5O9S/c1-17-10-20-11-25-39(49)46-26-14-52-40(50)41(38-23(12-21(13-42)44-41)22-8-6-7-9-24(22)43-38)15-56-37(31(46)30(45(25)4)27(20)32(48)33(17)51-5)29-28(26)36-35(53-16-54-36)18(2)34(29)55-19(3)47/h6-10,21,25-26,30-31,37,39,43-44,48-49H,11-16,42H2,1-5H3/t21-,25-,26-,30+,31+,37+,39-,41+/m0/s1. The van der Waals surface area contributed by atoms with Crippen molar-refractivity contribution in [2.75, 3.05) is 39.9 Å². The number of rotatable bonds is 3. The molecule has 56 heavy (non-hydrogen) atoms. The molecule has 4 aromatic rings. The van der Waals surface area contributed by atoms with E-state index in [4.69, 9.17) is 29.4 Å². The average molecular weight is 784 g/mol. The molecule has 15 heteroatoms. The average Bonchev–Trinajstić information content (AvgIpc) is 3.82. The van der Waals surface area contributed by atoms with Gasteiger partial charge < -0.3 is 44.6 Å². The van der Waals surface area contributed by atoms with E-state index in [1.54, 1.807) is 7.11 Å². The zero-order valence-electron chi connectivity index (χ0n) is 31.8. The van der Waals surface area contributed by atoms with Crippen molar-refractivity contribution in [2.24, 2.45) is 5.73 Å². The first kappa shape index (κ1) is 35.9. The van der Waals surface area contributed by atoms with E-state index in [0.29, 0.717) is 64.6 Å². The largest absolute Gasteiger partial charge is 0.504 e. The van der Waals surface area contributed by atoms with E-state index < -0.39 is 47.1 Å².